The average molecular weight is 258 g/mol. The molecule has 2 rings (SSSR count). The Kier molecular flexibility index (Phi) is 2.62. The van der Waals surface area contributed by atoms with Crippen molar-refractivity contribution in [2.75, 3.05) is 0 Å². The highest BCUT2D eigenvalue weighted by molar-refractivity contribution is 9.10. The van der Waals surface area contributed by atoms with Crippen molar-refractivity contribution >= 4 is 15.9 Å². The standard InChI is InChI=1S/C11H13BrFN/c12-9-3-1-8(2-4-9)5-11(13)6-10(14)7-11/h1-4,10H,5-7,14H2. The monoisotopic (exact) mass is 257 g/mol. The van der Waals surface area contributed by atoms with Gasteiger partial charge in [0, 0.05) is 16.9 Å². The molecule has 0 spiro atoms. The van der Waals surface area contributed by atoms with Gasteiger partial charge in [0.1, 0.15) is 5.67 Å². The molecular formula is C11H13BrFN. The van der Waals surface area contributed by atoms with E-state index in [0.717, 1.165) is 10.0 Å². The first-order valence-corrected chi connectivity index (χ1v) is 5.56. The Labute approximate surface area is 91.6 Å². The molecule has 1 saturated carbocycles. The third-order valence-electron chi connectivity index (χ3n) is 2.69. The van der Waals surface area contributed by atoms with E-state index in [-0.39, 0.29) is 6.04 Å². The molecule has 0 bridgehead atoms. The van der Waals surface area contributed by atoms with Gasteiger partial charge >= 0.3 is 0 Å². The van der Waals surface area contributed by atoms with E-state index in [1.54, 1.807) is 0 Å². The van der Waals surface area contributed by atoms with E-state index >= 15 is 0 Å². The predicted molar refractivity (Wildman–Crippen MR) is 58.9 cm³/mol. The lowest BCUT2D eigenvalue weighted by Crippen LogP contribution is -2.49. The van der Waals surface area contributed by atoms with Crippen molar-refractivity contribution in [3.8, 4) is 0 Å². The van der Waals surface area contributed by atoms with Crippen LogP contribution in [0.4, 0.5) is 4.39 Å². The molecule has 1 aromatic carbocycles. The second kappa shape index (κ2) is 3.63. The lowest BCUT2D eigenvalue weighted by atomic mass is 9.74. The van der Waals surface area contributed by atoms with Crippen LogP contribution in [0.15, 0.2) is 28.7 Å². The maximum atomic E-state index is 13.9. The van der Waals surface area contributed by atoms with Crippen molar-refractivity contribution in [2.45, 2.75) is 31.0 Å². The Morgan fingerprint density at radius 1 is 1.36 bits per heavy atom. The summed E-state index contributed by atoms with van der Waals surface area (Å²) in [7, 11) is 0. The van der Waals surface area contributed by atoms with Gasteiger partial charge in [-0.2, -0.15) is 0 Å². The Morgan fingerprint density at radius 3 is 2.43 bits per heavy atom. The van der Waals surface area contributed by atoms with E-state index in [1.165, 1.54) is 0 Å². The summed E-state index contributed by atoms with van der Waals surface area (Å²) >= 11 is 3.35. The van der Waals surface area contributed by atoms with E-state index in [2.05, 4.69) is 15.9 Å². The SMILES string of the molecule is NC1CC(F)(Cc2ccc(Br)cc2)C1. The first-order valence-electron chi connectivity index (χ1n) is 4.76. The highest BCUT2D eigenvalue weighted by atomic mass is 79.9. The summed E-state index contributed by atoms with van der Waals surface area (Å²) in [5.41, 5.74) is 5.58. The molecule has 2 N–H and O–H groups in total. The number of halogens is 2. The highest BCUT2D eigenvalue weighted by Gasteiger charge is 2.42. The van der Waals surface area contributed by atoms with Crippen molar-refractivity contribution in [1.82, 2.24) is 0 Å². The molecule has 0 radical (unpaired) electrons. The molecule has 1 nitrogen and oxygen atoms in total. The summed E-state index contributed by atoms with van der Waals surface area (Å²) in [6.45, 7) is 0. The third kappa shape index (κ3) is 2.15. The Morgan fingerprint density at radius 2 is 1.93 bits per heavy atom. The second-order valence-corrected chi connectivity index (χ2v) is 5.04. The molecule has 0 saturated heterocycles. The lowest BCUT2D eigenvalue weighted by Gasteiger charge is -2.39. The van der Waals surface area contributed by atoms with Gasteiger partial charge in [-0.25, -0.2) is 4.39 Å². The maximum Gasteiger partial charge on any atom is 0.118 e. The largest absolute Gasteiger partial charge is 0.327 e. The van der Waals surface area contributed by atoms with Crippen molar-refractivity contribution in [3.05, 3.63) is 34.3 Å². The van der Waals surface area contributed by atoms with Gasteiger partial charge in [0.2, 0.25) is 0 Å². The van der Waals surface area contributed by atoms with Crippen LogP contribution in [-0.4, -0.2) is 11.7 Å². The predicted octanol–water partition coefficient (Wildman–Crippen LogP) is 2.82. The van der Waals surface area contributed by atoms with Gasteiger partial charge < -0.3 is 5.73 Å². The molecule has 1 aliphatic rings. The molecule has 1 aliphatic carbocycles. The molecular weight excluding hydrogens is 245 g/mol. The zero-order valence-corrected chi connectivity index (χ0v) is 9.43. The van der Waals surface area contributed by atoms with Gasteiger partial charge in [-0.3, -0.25) is 0 Å². The summed E-state index contributed by atoms with van der Waals surface area (Å²) in [4.78, 5) is 0. The van der Waals surface area contributed by atoms with Crippen LogP contribution in [0, 0.1) is 0 Å². The maximum absolute atomic E-state index is 13.9. The fraction of sp³-hybridized carbons (Fsp3) is 0.455. The van der Waals surface area contributed by atoms with E-state index in [9.17, 15) is 4.39 Å². The van der Waals surface area contributed by atoms with Crippen LogP contribution in [0.5, 0.6) is 0 Å². The minimum atomic E-state index is -1.05. The number of alkyl halides is 1. The van der Waals surface area contributed by atoms with Crippen LogP contribution in [0.3, 0.4) is 0 Å². The molecule has 0 aromatic heterocycles. The number of hydrogen-bond donors (Lipinski definition) is 1. The van der Waals surface area contributed by atoms with Crippen LogP contribution < -0.4 is 5.73 Å². The quantitative estimate of drug-likeness (QED) is 0.867. The molecule has 0 heterocycles. The Bertz CT molecular complexity index is 317. The van der Waals surface area contributed by atoms with E-state index in [1.807, 2.05) is 24.3 Å². The highest BCUT2D eigenvalue weighted by Crippen LogP contribution is 2.38. The van der Waals surface area contributed by atoms with Crippen molar-refractivity contribution in [1.29, 1.82) is 0 Å². The molecule has 0 aliphatic heterocycles. The summed E-state index contributed by atoms with van der Waals surface area (Å²) in [6, 6.07) is 7.86. The van der Waals surface area contributed by atoms with Crippen molar-refractivity contribution in [3.63, 3.8) is 0 Å². The van der Waals surface area contributed by atoms with Crippen molar-refractivity contribution in [2.24, 2.45) is 5.73 Å². The molecule has 14 heavy (non-hydrogen) atoms. The summed E-state index contributed by atoms with van der Waals surface area (Å²) in [5.74, 6) is 0. The molecule has 1 fully saturated rings. The number of benzene rings is 1. The van der Waals surface area contributed by atoms with Gasteiger partial charge in [-0.1, -0.05) is 28.1 Å². The first-order chi connectivity index (χ1) is 6.57. The number of rotatable bonds is 2. The molecule has 1 aromatic rings. The molecule has 3 heteroatoms. The van der Waals surface area contributed by atoms with Gasteiger partial charge in [0.15, 0.2) is 0 Å². The van der Waals surface area contributed by atoms with E-state index in [4.69, 9.17) is 5.73 Å². The first kappa shape index (κ1) is 10.1. The van der Waals surface area contributed by atoms with Gasteiger partial charge in [-0.05, 0) is 30.5 Å². The van der Waals surface area contributed by atoms with Crippen LogP contribution in [0.1, 0.15) is 18.4 Å². The lowest BCUT2D eigenvalue weighted by molar-refractivity contribution is 0.0444. The Hall–Kier alpha value is -0.410. The molecule has 0 atom stereocenters. The molecule has 0 amide bonds. The summed E-state index contributed by atoms with van der Waals surface area (Å²) < 4.78 is 14.9. The number of hydrogen-bond acceptors (Lipinski definition) is 1. The molecule has 76 valence electrons. The van der Waals surface area contributed by atoms with E-state index in [0.29, 0.717) is 19.3 Å². The smallest absolute Gasteiger partial charge is 0.118 e. The zero-order valence-electron chi connectivity index (χ0n) is 7.84. The van der Waals surface area contributed by atoms with Crippen LogP contribution in [0.2, 0.25) is 0 Å². The van der Waals surface area contributed by atoms with Crippen LogP contribution in [-0.2, 0) is 6.42 Å². The fourth-order valence-electron chi connectivity index (χ4n) is 1.99. The Balaban J connectivity index is 2.01. The summed E-state index contributed by atoms with van der Waals surface area (Å²) in [5, 5.41) is 0. The van der Waals surface area contributed by atoms with Gasteiger partial charge in [0.05, 0.1) is 0 Å². The molecule has 0 unspecified atom stereocenters. The van der Waals surface area contributed by atoms with Crippen LogP contribution >= 0.6 is 15.9 Å². The average Bonchev–Trinajstić information content (AvgIpc) is 2.07. The fourth-order valence-corrected chi connectivity index (χ4v) is 2.26. The normalized spacial score (nSPS) is 31.2. The second-order valence-electron chi connectivity index (χ2n) is 4.12. The topological polar surface area (TPSA) is 26.0 Å². The van der Waals surface area contributed by atoms with Crippen LogP contribution in [0.25, 0.3) is 0 Å². The minimum absolute atomic E-state index is 0.0652. The van der Waals surface area contributed by atoms with Gasteiger partial charge in [0.25, 0.3) is 0 Å². The third-order valence-corrected chi connectivity index (χ3v) is 3.22. The number of nitrogens with two attached hydrogens (primary N) is 1. The minimum Gasteiger partial charge on any atom is -0.327 e. The zero-order chi connectivity index (χ0) is 10.2. The summed E-state index contributed by atoms with van der Waals surface area (Å²) in [6.07, 6.45) is 1.50. The van der Waals surface area contributed by atoms with E-state index < -0.39 is 5.67 Å². The van der Waals surface area contributed by atoms with Crippen molar-refractivity contribution < 1.29 is 4.39 Å². The van der Waals surface area contributed by atoms with Gasteiger partial charge in [-0.15, -0.1) is 0 Å².